The van der Waals surface area contributed by atoms with E-state index in [2.05, 4.69) is 28.0 Å². The van der Waals surface area contributed by atoms with E-state index in [-0.39, 0.29) is 11.9 Å². The van der Waals surface area contributed by atoms with Gasteiger partial charge in [0.05, 0.1) is 15.9 Å². The summed E-state index contributed by atoms with van der Waals surface area (Å²) in [5, 5.41) is 4.45. The number of halogens is 2. The molecule has 0 spiro atoms. The van der Waals surface area contributed by atoms with Gasteiger partial charge in [-0.1, -0.05) is 25.1 Å². The fraction of sp³-hybridized carbons (Fsp3) is 0.400. The molecule has 1 heterocycles. The van der Waals surface area contributed by atoms with Crippen LogP contribution >= 0.6 is 15.9 Å². The van der Waals surface area contributed by atoms with Crippen LogP contribution in [0.25, 0.3) is 0 Å². The van der Waals surface area contributed by atoms with Gasteiger partial charge in [-0.05, 0) is 40.4 Å². The SMILES string of the molecule is CCc1nn(C)c(CC(N)Cc2ccccc2F)c1Br. The van der Waals surface area contributed by atoms with Crippen LogP contribution in [-0.4, -0.2) is 15.8 Å². The number of hydrogen-bond donors (Lipinski definition) is 1. The topological polar surface area (TPSA) is 43.8 Å². The van der Waals surface area contributed by atoms with E-state index in [9.17, 15) is 4.39 Å². The average molecular weight is 340 g/mol. The maximum absolute atomic E-state index is 13.6. The number of rotatable bonds is 5. The Kier molecular flexibility index (Phi) is 4.94. The summed E-state index contributed by atoms with van der Waals surface area (Å²) in [5.41, 5.74) is 8.92. The summed E-state index contributed by atoms with van der Waals surface area (Å²) in [6, 6.07) is 6.64. The van der Waals surface area contributed by atoms with Crippen molar-refractivity contribution in [1.29, 1.82) is 0 Å². The van der Waals surface area contributed by atoms with Crippen LogP contribution in [0.3, 0.4) is 0 Å². The molecule has 0 fully saturated rings. The van der Waals surface area contributed by atoms with Crippen LogP contribution < -0.4 is 5.73 Å². The van der Waals surface area contributed by atoms with Gasteiger partial charge in [0.2, 0.25) is 0 Å². The molecule has 1 unspecified atom stereocenters. The molecule has 0 saturated carbocycles. The number of hydrogen-bond acceptors (Lipinski definition) is 2. The van der Waals surface area contributed by atoms with E-state index in [0.717, 1.165) is 22.3 Å². The van der Waals surface area contributed by atoms with Crippen LogP contribution in [-0.2, 0) is 26.3 Å². The van der Waals surface area contributed by atoms with Crippen molar-refractivity contribution < 1.29 is 4.39 Å². The first-order valence-electron chi connectivity index (χ1n) is 6.72. The smallest absolute Gasteiger partial charge is 0.126 e. The van der Waals surface area contributed by atoms with E-state index in [1.165, 1.54) is 6.07 Å². The van der Waals surface area contributed by atoms with Crippen LogP contribution in [0.5, 0.6) is 0 Å². The van der Waals surface area contributed by atoms with E-state index in [1.54, 1.807) is 12.1 Å². The van der Waals surface area contributed by atoms with Crippen molar-refractivity contribution in [1.82, 2.24) is 9.78 Å². The number of nitrogens with two attached hydrogens (primary N) is 1. The third-order valence-electron chi connectivity index (χ3n) is 3.40. The standard InChI is InChI=1S/C15H19BrFN3/c1-3-13-15(16)14(20(2)19-13)9-11(18)8-10-6-4-5-7-12(10)17/h4-7,11H,3,8-9,18H2,1-2H3. The van der Waals surface area contributed by atoms with Gasteiger partial charge in [0.15, 0.2) is 0 Å². The lowest BCUT2D eigenvalue weighted by Gasteiger charge is -2.13. The second-order valence-corrected chi connectivity index (χ2v) is 5.74. The van der Waals surface area contributed by atoms with Crippen molar-refractivity contribution >= 4 is 15.9 Å². The molecular weight excluding hydrogens is 321 g/mol. The van der Waals surface area contributed by atoms with Gasteiger partial charge < -0.3 is 5.73 Å². The fourth-order valence-corrected chi connectivity index (χ4v) is 3.09. The Balaban J connectivity index is 2.11. The third kappa shape index (κ3) is 3.27. The lowest BCUT2D eigenvalue weighted by atomic mass is 10.0. The number of benzene rings is 1. The quantitative estimate of drug-likeness (QED) is 0.909. The predicted octanol–water partition coefficient (Wildman–Crippen LogP) is 3.00. The van der Waals surface area contributed by atoms with Gasteiger partial charge in [-0.25, -0.2) is 4.39 Å². The maximum Gasteiger partial charge on any atom is 0.126 e. The first kappa shape index (κ1) is 15.2. The van der Waals surface area contributed by atoms with Gasteiger partial charge in [-0.3, -0.25) is 4.68 Å². The largest absolute Gasteiger partial charge is 0.327 e. The van der Waals surface area contributed by atoms with Gasteiger partial charge in [0.1, 0.15) is 5.82 Å². The lowest BCUT2D eigenvalue weighted by molar-refractivity contribution is 0.571. The molecule has 0 saturated heterocycles. The molecule has 5 heteroatoms. The van der Waals surface area contributed by atoms with Crippen molar-refractivity contribution in [3.63, 3.8) is 0 Å². The van der Waals surface area contributed by atoms with Gasteiger partial charge in [-0.2, -0.15) is 5.10 Å². The van der Waals surface area contributed by atoms with Crippen LogP contribution in [0.2, 0.25) is 0 Å². The Morgan fingerprint density at radius 2 is 2.05 bits per heavy atom. The summed E-state index contributed by atoms with van der Waals surface area (Å²) in [5.74, 6) is -0.193. The fourth-order valence-electron chi connectivity index (χ4n) is 2.31. The number of aryl methyl sites for hydroxylation is 2. The summed E-state index contributed by atoms with van der Waals surface area (Å²) in [6.07, 6.45) is 2.06. The van der Waals surface area contributed by atoms with Crippen LogP contribution in [0, 0.1) is 5.82 Å². The zero-order chi connectivity index (χ0) is 14.7. The Morgan fingerprint density at radius 3 is 2.65 bits per heavy atom. The van der Waals surface area contributed by atoms with Gasteiger partial charge in [-0.15, -0.1) is 0 Å². The van der Waals surface area contributed by atoms with Crippen molar-refractivity contribution in [2.75, 3.05) is 0 Å². The molecule has 0 aliphatic heterocycles. The summed E-state index contributed by atoms with van der Waals surface area (Å²) in [4.78, 5) is 0. The number of aromatic nitrogens is 2. The van der Waals surface area contributed by atoms with Gasteiger partial charge in [0, 0.05) is 19.5 Å². The second kappa shape index (κ2) is 6.50. The highest BCUT2D eigenvalue weighted by Crippen LogP contribution is 2.23. The minimum Gasteiger partial charge on any atom is -0.327 e. The molecule has 0 bridgehead atoms. The third-order valence-corrected chi connectivity index (χ3v) is 4.31. The van der Waals surface area contributed by atoms with Crippen molar-refractivity contribution in [2.24, 2.45) is 12.8 Å². The van der Waals surface area contributed by atoms with E-state index in [4.69, 9.17) is 5.73 Å². The molecule has 2 aromatic rings. The summed E-state index contributed by atoms with van der Waals surface area (Å²) < 4.78 is 16.5. The zero-order valence-electron chi connectivity index (χ0n) is 11.7. The monoisotopic (exact) mass is 339 g/mol. The molecule has 3 nitrogen and oxygen atoms in total. The van der Waals surface area contributed by atoms with E-state index < -0.39 is 0 Å². The molecule has 1 atom stereocenters. The van der Waals surface area contributed by atoms with Crippen molar-refractivity contribution in [2.45, 2.75) is 32.2 Å². The number of nitrogens with zero attached hydrogens (tertiary/aromatic N) is 2. The normalized spacial score (nSPS) is 12.7. The molecule has 0 aliphatic rings. The van der Waals surface area contributed by atoms with E-state index >= 15 is 0 Å². The van der Waals surface area contributed by atoms with Crippen molar-refractivity contribution in [3.05, 3.63) is 51.5 Å². The molecule has 0 amide bonds. The minimum atomic E-state index is -0.193. The Hall–Kier alpha value is -1.20. The summed E-state index contributed by atoms with van der Waals surface area (Å²) in [6.45, 7) is 2.07. The summed E-state index contributed by atoms with van der Waals surface area (Å²) >= 11 is 3.58. The first-order chi connectivity index (χ1) is 9.52. The zero-order valence-corrected chi connectivity index (χ0v) is 13.3. The average Bonchev–Trinajstić information content (AvgIpc) is 2.69. The van der Waals surface area contributed by atoms with E-state index in [0.29, 0.717) is 18.4 Å². The van der Waals surface area contributed by atoms with Gasteiger partial charge in [0.25, 0.3) is 0 Å². The van der Waals surface area contributed by atoms with Crippen LogP contribution in [0.15, 0.2) is 28.7 Å². The highest BCUT2D eigenvalue weighted by molar-refractivity contribution is 9.10. The lowest BCUT2D eigenvalue weighted by Crippen LogP contribution is -2.27. The van der Waals surface area contributed by atoms with Crippen LogP contribution in [0.4, 0.5) is 4.39 Å². The molecule has 2 rings (SSSR count). The van der Waals surface area contributed by atoms with Gasteiger partial charge >= 0.3 is 0 Å². The predicted molar refractivity (Wildman–Crippen MR) is 82.1 cm³/mol. The molecule has 0 aliphatic carbocycles. The highest BCUT2D eigenvalue weighted by atomic mass is 79.9. The molecule has 108 valence electrons. The molecule has 20 heavy (non-hydrogen) atoms. The minimum absolute atomic E-state index is 0.136. The van der Waals surface area contributed by atoms with E-state index in [1.807, 2.05) is 17.8 Å². The first-order valence-corrected chi connectivity index (χ1v) is 7.51. The molecule has 1 aromatic heterocycles. The van der Waals surface area contributed by atoms with Crippen molar-refractivity contribution in [3.8, 4) is 0 Å². The van der Waals surface area contributed by atoms with Crippen LogP contribution in [0.1, 0.15) is 23.9 Å². The Labute approximate surface area is 127 Å². The second-order valence-electron chi connectivity index (χ2n) is 4.94. The summed E-state index contributed by atoms with van der Waals surface area (Å²) in [7, 11) is 1.91. The molecule has 0 radical (unpaired) electrons. The highest BCUT2D eigenvalue weighted by Gasteiger charge is 2.16. The molecule has 2 N–H and O–H groups in total. The molecule has 1 aromatic carbocycles. The Bertz CT molecular complexity index is 595. The Morgan fingerprint density at radius 1 is 1.35 bits per heavy atom. The maximum atomic E-state index is 13.6. The molecular formula is C15H19BrFN3.